The summed E-state index contributed by atoms with van der Waals surface area (Å²) in [5.41, 5.74) is 6.53. The number of nitrogens with zero attached hydrogens (tertiary/aromatic N) is 1. The number of para-hydroxylation sites is 1. The van der Waals surface area contributed by atoms with Crippen molar-refractivity contribution in [3.63, 3.8) is 0 Å². The van der Waals surface area contributed by atoms with Crippen LogP contribution in [-0.4, -0.2) is 12.8 Å². The van der Waals surface area contributed by atoms with Crippen LogP contribution in [0.25, 0.3) is 65.9 Å². The lowest BCUT2D eigenvalue weighted by Gasteiger charge is -2.16. The summed E-state index contributed by atoms with van der Waals surface area (Å²) in [7, 11) is 2.08. The summed E-state index contributed by atoms with van der Waals surface area (Å²) >= 11 is 0. The first-order valence-electron chi connectivity index (χ1n) is 12.1. The van der Waals surface area contributed by atoms with Crippen LogP contribution in [0.3, 0.4) is 0 Å². The number of benzene rings is 5. The summed E-state index contributed by atoms with van der Waals surface area (Å²) in [5.74, 6) is -0.292. The van der Waals surface area contributed by atoms with Crippen LogP contribution in [0.15, 0.2) is 102 Å². The minimum atomic E-state index is -0.292. The number of aryl methyl sites for hydroxylation is 1. The summed E-state index contributed by atoms with van der Waals surface area (Å²) in [6, 6.07) is 30.0. The fraction of sp³-hybridized carbons (Fsp3) is 0.0312. The third-order valence-corrected chi connectivity index (χ3v) is 7.25. The Hall–Kier alpha value is -4.44. The van der Waals surface area contributed by atoms with Crippen molar-refractivity contribution in [2.45, 2.75) is 6.92 Å². The molecule has 0 atom stereocenters. The first kappa shape index (κ1) is 20.9. The van der Waals surface area contributed by atoms with Gasteiger partial charge in [-0.15, -0.1) is 0 Å². The van der Waals surface area contributed by atoms with Gasteiger partial charge in [-0.1, -0.05) is 72.2 Å². The molecule has 2 nitrogen and oxygen atoms in total. The molecule has 0 spiro atoms. The number of aromatic nitrogens is 1. The zero-order chi connectivity index (χ0) is 24.4. The maximum absolute atomic E-state index is 15.8. The molecule has 2 heterocycles. The number of furan rings is 1. The van der Waals surface area contributed by atoms with Gasteiger partial charge < -0.3 is 4.42 Å². The van der Waals surface area contributed by atoms with Gasteiger partial charge in [-0.25, -0.2) is 4.39 Å². The number of hydrogen-bond donors (Lipinski definition) is 0. The smallest absolute Gasteiger partial charge is 0.146 e. The van der Waals surface area contributed by atoms with Crippen molar-refractivity contribution in [3.8, 4) is 22.4 Å². The minimum Gasteiger partial charge on any atom is -0.455 e. The Morgan fingerprint density at radius 3 is 2.06 bits per heavy atom. The third kappa shape index (κ3) is 2.94. The first-order valence-corrected chi connectivity index (χ1v) is 12.1. The van der Waals surface area contributed by atoms with Crippen LogP contribution < -0.4 is 5.46 Å². The molecule has 0 unspecified atom stereocenters. The predicted molar refractivity (Wildman–Crippen MR) is 150 cm³/mol. The van der Waals surface area contributed by atoms with Crippen molar-refractivity contribution in [1.82, 2.24) is 4.98 Å². The molecule has 0 aliphatic carbocycles. The van der Waals surface area contributed by atoms with E-state index in [-0.39, 0.29) is 5.82 Å². The molecule has 4 heteroatoms. The Kier molecular flexibility index (Phi) is 4.52. The molecule has 170 valence electrons. The largest absolute Gasteiger partial charge is 0.455 e. The zero-order valence-electron chi connectivity index (χ0n) is 20.0. The van der Waals surface area contributed by atoms with Gasteiger partial charge in [-0.3, -0.25) is 4.98 Å². The summed E-state index contributed by atoms with van der Waals surface area (Å²) in [6.45, 7) is 2.02. The molecule has 0 radical (unpaired) electrons. The van der Waals surface area contributed by atoms with E-state index in [4.69, 9.17) is 4.42 Å². The average Bonchev–Trinajstić information content (AvgIpc) is 3.29. The molecule has 0 bridgehead atoms. The van der Waals surface area contributed by atoms with Crippen LogP contribution in [0.1, 0.15) is 5.56 Å². The number of pyridine rings is 1. The number of fused-ring (bicyclic) bond motifs is 6. The Balaban J connectivity index is 1.62. The second-order valence-electron chi connectivity index (χ2n) is 9.40. The number of halogens is 1. The van der Waals surface area contributed by atoms with E-state index < -0.39 is 0 Å². The fourth-order valence-corrected chi connectivity index (χ4v) is 5.54. The van der Waals surface area contributed by atoms with Crippen LogP contribution in [0, 0.1) is 12.7 Å². The Morgan fingerprint density at radius 1 is 0.639 bits per heavy atom. The lowest BCUT2D eigenvalue weighted by Crippen LogP contribution is -2.10. The second-order valence-corrected chi connectivity index (χ2v) is 9.40. The maximum atomic E-state index is 15.8. The highest BCUT2D eigenvalue weighted by Gasteiger charge is 2.22. The molecular weight excluding hydrogens is 444 g/mol. The summed E-state index contributed by atoms with van der Waals surface area (Å²) in [5, 5.41) is 6.25. The van der Waals surface area contributed by atoms with Crippen LogP contribution in [0.4, 0.5) is 4.39 Å². The predicted octanol–water partition coefficient (Wildman–Crippen LogP) is 7.33. The Labute approximate surface area is 208 Å². The SMILES string of the molecule is Bc1c(-c2c(F)ccc3c2oc2c(-c4ccc(C)cn4)cccc23)c2ccccc2c2ccccc12. The van der Waals surface area contributed by atoms with Gasteiger partial charge in [0, 0.05) is 22.5 Å². The lowest BCUT2D eigenvalue weighted by atomic mass is 9.79. The normalized spacial score (nSPS) is 11.7. The second kappa shape index (κ2) is 7.79. The van der Waals surface area contributed by atoms with Gasteiger partial charge in [-0.2, -0.15) is 0 Å². The summed E-state index contributed by atoms with van der Waals surface area (Å²) in [4.78, 5) is 4.62. The monoisotopic (exact) mass is 465 g/mol. The van der Waals surface area contributed by atoms with Gasteiger partial charge in [0.05, 0.1) is 11.3 Å². The molecule has 5 aromatic carbocycles. The summed E-state index contributed by atoms with van der Waals surface area (Å²) in [6.07, 6.45) is 1.85. The van der Waals surface area contributed by atoms with E-state index in [0.717, 1.165) is 60.4 Å². The van der Waals surface area contributed by atoms with Crippen molar-refractivity contribution in [1.29, 1.82) is 0 Å². The Bertz CT molecular complexity index is 1970. The molecule has 7 rings (SSSR count). The van der Waals surface area contributed by atoms with Gasteiger partial charge in [0.15, 0.2) is 0 Å². The molecule has 0 saturated carbocycles. The van der Waals surface area contributed by atoms with E-state index in [0.29, 0.717) is 11.1 Å². The molecule has 0 amide bonds. The molecule has 0 fully saturated rings. The van der Waals surface area contributed by atoms with E-state index in [1.54, 1.807) is 6.07 Å². The van der Waals surface area contributed by atoms with Crippen molar-refractivity contribution in [3.05, 3.63) is 109 Å². The van der Waals surface area contributed by atoms with E-state index in [1.807, 2.05) is 67.7 Å². The highest BCUT2D eigenvalue weighted by Crippen LogP contribution is 2.42. The van der Waals surface area contributed by atoms with Crippen LogP contribution >= 0.6 is 0 Å². The van der Waals surface area contributed by atoms with E-state index in [9.17, 15) is 0 Å². The highest BCUT2D eigenvalue weighted by molar-refractivity contribution is 6.46. The average molecular weight is 465 g/mol. The van der Waals surface area contributed by atoms with Crippen molar-refractivity contribution < 1.29 is 8.81 Å². The van der Waals surface area contributed by atoms with E-state index >= 15 is 4.39 Å². The van der Waals surface area contributed by atoms with Crippen LogP contribution in [0.5, 0.6) is 0 Å². The van der Waals surface area contributed by atoms with Gasteiger partial charge in [0.2, 0.25) is 0 Å². The summed E-state index contributed by atoms with van der Waals surface area (Å²) < 4.78 is 22.4. The highest BCUT2D eigenvalue weighted by atomic mass is 19.1. The van der Waals surface area contributed by atoms with Gasteiger partial charge >= 0.3 is 0 Å². The van der Waals surface area contributed by atoms with Gasteiger partial charge in [0.25, 0.3) is 0 Å². The topological polar surface area (TPSA) is 26.0 Å². The molecular formula is C32H21BFNO. The standard InChI is InChI=1S/C32H21BFNO/c1-18-13-16-27(35-17-18)25-12-6-11-23-24-14-15-26(34)29(32(24)36-31(23)25)28-21-9-4-2-7-19(21)20-8-3-5-10-22(20)30(28)33/h2-17H,33H2,1H3. The molecule has 0 saturated heterocycles. The molecule has 0 aliphatic rings. The van der Waals surface area contributed by atoms with Crippen molar-refractivity contribution >= 4 is 56.8 Å². The Morgan fingerprint density at radius 2 is 1.31 bits per heavy atom. The molecule has 0 aliphatic heterocycles. The van der Waals surface area contributed by atoms with Gasteiger partial charge in [-0.05, 0) is 63.9 Å². The van der Waals surface area contributed by atoms with Crippen LogP contribution in [-0.2, 0) is 0 Å². The maximum Gasteiger partial charge on any atom is 0.146 e. The van der Waals surface area contributed by atoms with E-state index in [1.165, 1.54) is 5.39 Å². The van der Waals surface area contributed by atoms with Crippen molar-refractivity contribution in [2.24, 2.45) is 0 Å². The quantitative estimate of drug-likeness (QED) is 0.197. The number of hydrogen-bond acceptors (Lipinski definition) is 2. The van der Waals surface area contributed by atoms with Crippen molar-refractivity contribution in [2.75, 3.05) is 0 Å². The number of rotatable bonds is 2. The molecule has 7 aromatic rings. The zero-order valence-corrected chi connectivity index (χ0v) is 20.0. The molecule has 36 heavy (non-hydrogen) atoms. The van der Waals surface area contributed by atoms with Crippen LogP contribution in [0.2, 0.25) is 0 Å². The minimum absolute atomic E-state index is 0.292. The third-order valence-electron chi connectivity index (χ3n) is 7.25. The van der Waals surface area contributed by atoms with Gasteiger partial charge in [0.1, 0.15) is 24.8 Å². The molecule has 2 aromatic heterocycles. The van der Waals surface area contributed by atoms with E-state index in [2.05, 4.69) is 43.2 Å². The lowest BCUT2D eigenvalue weighted by molar-refractivity contribution is 0.623. The first-order chi connectivity index (χ1) is 17.6. The fourth-order valence-electron chi connectivity index (χ4n) is 5.54. The molecule has 0 N–H and O–H groups in total.